The Labute approximate surface area is 196 Å². The minimum Gasteiger partial charge on any atom is -0.497 e. The fourth-order valence-corrected chi connectivity index (χ4v) is 3.35. The van der Waals surface area contributed by atoms with E-state index in [2.05, 4.69) is 15.1 Å². The zero-order chi connectivity index (χ0) is 23.9. The largest absolute Gasteiger partial charge is 0.497 e. The second-order valence-corrected chi connectivity index (χ2v) is 7.68. The second kappa shape index (κ2) is 10.6. The highest BCUT2D eigenvalue weighted by atomic mass is 16.5. The molecule has 0 unspecified atom stereocenters. The van der Waals surface area contributed by atoms with Crippen LogP contribution in [0.4, 0.5) is 0 Å². The van der Waals surface area contributed by atoms with Crippen LogP contribution >= 0.6 is 0 Å². The lowest BCUT2D eigenvalue weighted by molar-refractivity contribution is -0.151. The van der Waals surface area contributed by atoms with E-state index in [-0.39, 0.29) is 25.4 Å². The van der Waals surface area contributed by atoms with Crippen LogP contribution in [-0.2, 0) is 27.3 Å². The van der Waals surface area contributed by atoms with E-state index in [1.165, 1.54) is 4.90 Å². The van der Waals surface area contributed by atoms with E-state index in [9.17, 15) is 9.59 Å². The van der Waals surface area contributed by atoms with Crippen molar-refractivity contribution in [2.45, 2.75) is 19.4 Å². The smallest absolute Gasteiger partial charge is 0.306 e. The summed E-state index contributed by atoms with van der Waals surface area (Å²) in [5.41, 5.74) is 1.56. The number of nitrogens with zero attached hydrogens (tertiary/aromatic N) is 4. The summed E-state index contributed by atoms with van der Waals surface area (Å²) in [7, 11) is 3.31. The molecular formula is C25H24N4O5. The monoisotopic (exact) mass is 460 g/mol. The minimum atomic E-state index is -0.515. The van der Waals surface area contributed by atoms with Crippen molar-refractivity contribution < 1.29 is 23.6 Å². The number of carbonyl (C=O) groups is 2. The van der Waals surface area contributed by atoms with Crippen molar-refractivity contribution in [3.05, 3.63) is 72.2 Å². The van der Waals surface area contributed by atoms with E-state index in [0.29, 0.717) is 24.0 Å². The number of likely N-dealkylation sites (N-methyl/N-ethyl adjacent to an activating group) is 1. The van der Waals surface area contributed by atoms with Gasteiger partial charge in [0.2, 0.25) is 11.7 Å². The van der Waals surface area contributed by atoms with Gasteiger partial charge in [-0.2, -0.15) is 4.98 Å². The molecule has 9 heteroatoms. The first kappa shape index (κ1) is 22.9. The van der Waals surface area contributed by atoms with Crippen LogP contribution in [0.2, 0.25) is 0 Å². The zero-order valence-corrected chi connectivity index (χ0v) is 18.9. The van der Waals surface area contributed by atoms with Crippen LogP contribution in [0.3, 0.4) is 0 Å². The number of hydrogen-bond donors (Lipinski definition) is 0. The highest BCUT2D eigenvalue weighted by molar-refractivity contribution is 5.85. The van der Waals surface area contributed by atoms with Crippen LogP contribution < -0.4 is 4.74 Å². The molecule has 0 fully saturated rings. The van der Waals surface area contributed by atoms with Gasteiger partial charge in [-0.15, -0.1) is 0 Å². The van der Waals surface area contributed by atoms with Crippen LogP contribution in [0, 0.1) is 0 Å². The fraction of sp³-hybridized carbons (Fsp3) is 0.240. The number of amides is 1. The number of fused-ring (bicyclic) bond motifs is 1. The van der Waals surface area contributed by atoms with E-state index in [1.54, 1.807) is 32.5 Å². The molecule has 0 spiro atoms. The number of benzene rings is 2. The van der Waals surface area contributed by atoms with Gasteiger partial charge in [0.1, 0.15) is 11.4 Å². The molecule has 0 aliphatic carbocycles. The van der Waals surface area contributed by atoms with Gasteiger partial charge < -0.3 is 18.9 Å². The standard InChI is InChI=1S/C25H24N4O5/c1-29(15-17-6-7-19-14-20(32-2)9-8-18(19)13-17)23(30)16-33-24(31)11-10-22-27-25(28-34-22)21-5-3-4-12-26-21/h3-9,12-14H,10-11,15-16H2,1-2H3. The Bertz CT molecular complexity index is 1290. The summed E-state index contributed by atoms with van der Waals surface area (Å²) in [4.78, 5) is 34.4. The van der Waals surface area contributed by atoms with E-state index in [1.807, 2.05) is 42.5 Å². The molecule has 0 saturated carbocycles. The number of carbonyl (C=O) groups excluding carboxylic acids is 2. The number of hydrogen-bond acceptors (Lipinski definition) is 8. The van der Waals surface area contributed by atoms with Crippen molar-refractivity contribution in [2.75, 3.05) is 20.8 Å². The van der Waals surface area contributed by atoms with Crippen molar-refractivity contribution in [1.82, 2.24) is 20.0 Å². The van der Waals surface area contributed by atoms with Gasteiger partial charge in [0, 0.05) is 26.2 Å². The summed E-state index contributed by atoms with van der Waals surface area (Å²) < 4.78 is 15.5. The molecule has 174 valence electrons. The highest BCUT2D eigenvalue weighted by Crippen LogP contribution is 2.22. The van der Waals surface area contributed by atoms with Gasteiger partial charge in [-0.25, -0.2) is 0 Å². The molecule has 1 amide bonds. The summed E-state index contributed by atoms with van der Waals surface area (Å²) in [5.74, 6) is 0.642. The van der Waals surface area contributed by atoms with E-state index in [4.69, 9.17) is 14.0 Å². The van der Waals surface area contributed by atoms with Crippen molar-refractivity contribution in [3.63, 3.8) is 0 Å². The number of pyridine rings is 1. The minimum absolute atomic E-state index is 0.0228. The first-order chi connectivity index (χ1) is 16.5. The lowest BCUT2D eigenvalue weighted by Gasteiger charge is -2.17. The maximum atomic E-state index is 12.4. The predicted octanol–water partition coefficient (Wildman–Crippen LogP) is 3.43. The predicted molar refractivity (Wildman–Crippen MR) is 124 cm³/mol. The molecule has 0 aliphatic heterocycles. The van der Waals surface area contributed by atoms with E-state index < -0.39 is 5.97 Å². The van der Waals surface area contributed by atoms with Gasteiger partial charge in [0.05, 0.1) is 13.5 Å². The zero-order valence-electron chi connectivity index (χ0n) is 18.9. The normalized spacial score (nSPS) is 10.8. The highest BCUT2D eigenvalue weighted by Gasteiger charge is 2.15. The second-order valence-electron chi connectivity index (χ2n) is 7.68. The summed E-state index contributed by atoms with van der Waals surface area (Å²) in [6.45, 7) is 0.0692. The topological polar surface area (TPSA) is 108 Å². The van der Waals surface area contributed by atoms with Crippen LogP contribution in [0.25, 0.3) is 22.3 Å². The molecule has 2 aromatic carbocycles. The Morgan fingerprint density at radius 3 is 2.68 bits per heavy atom. The molecule has 4 aromatic rings. The molecule has 0 bridgehead atoms. The molecule has 2 aromatic heterocycles. The molecule has 0 N–H and O–H groups in total. The van der Waals surface area contributed by atoms with Crippen molar-refractivity contribution in [3.8, 4) is 17.3 Å². The molecule has 0 atom stereocenters. The van der Waals surface area contributed by atoms with Gasteiger partial charge >= 0.3 is 5.97 Å². The van der Waals surface area contributed by atoms with Crippen molar-refractivity contribution >= 4 is 22.6 Å². The van der Waals surface area contributed by atoms with E-state index >= 15 is 0 Å². The Morgan fingerprint density at radius 1 is 1.06 bits per heavy atom. The molecule has 2 heterocycles. The average molecular weight is 460 g/mol. The summed E-state index contributed by atoms with van der Waals surface area (Å²) in [5, 5.41) is 5.97. The Hall–Kier alpha value is -4.27. The number of esters is 1. The number of aryl methyl sites for hydroxylation is 1. The summed E-state index contributed by atoms with van der Waals surface area (Å²) >= 11 is 0. The van der Waals surface area contributed by atoms with Crippen LogP contribution in [0.5, 0.6) is 5.75 Å². The SMILES string of the molecule is COc1ccc2cc(CN(C)C(=O)COC(=O)CCc3nc(-c4ccccn4)no3)ccc2c1. The summed E-state index contributed by atoms with van der Waals surface area (Å²) in [6.07, 6.45) is 1.87. The molecule has 0 radical (unpaired) electrons. The van der Waals surface area contributed by atoms with Gasteiger partial charge in [-0.3, -0.25) is 14.6 Å². The quantitative estimate of drug-likeness (QED) is 0.350. The molecule has 0 aliphatic rings. The molecule has 9 nitrogen and oxygen atoms in total. The maximum absolute atomic E-state index is 12.4. The van der Waals surface area contributed by atoms with Gasteiger partial charge in [0.15, 0.2) is 6.61 Å². The first-order valence-corrected chi connectivity index (χ1v) is 10.7. The van der Waals surface area contributed by atoms with Gasteiger partial charge in [-0.1, -0.05) is 29.4 Å². The van der Waals surface area contributed by atoms with Crippen LogP contribution in [0.15, 0.2) is 65.3 Å². The van der Waals surface area contributed by atoms with Gasteiger partial charge in [0.25, 0.3) is 5.91 Å². The number of ether oxygens (including phenoxy) is 2. The Balaban J connectivity index is 1.23. The molecule has 34 heavy (non-hydrogen) atoms. The van der Waals surface area contributed by atoms with Gasteiger partial charge in [-0.05, 0) is 46.7 Å². The average Bonchev–Trinajstić information content (AvgIpc) is 3.35. The molecule has 0 saturated heterocycles. The third-order valence-electron chi connectivity index (χ3n) is 5.22. The third kappa shape index (κ3) is 5.74. The summed E-state index contributed by atoms with van der Waals surface area (Å²) in [6, 6.07) is 17.2. The number of aromatic nitrogens is 3. The molecular weight excluding hydrogens is 436 g/mol. The van der Waals surface area contributed by atoms with Crippen molar-refractivity contribution in [2.24, 2.45) is 0 Å². The van der Waals surface area contributed by atoms with E-state index in [0.717, 1.165) is 22.1 Å². The number of methoxy groups -OCH3 is 1. The lowest BCUT2D eigenvalue weighted by atomic mass is 10.1. The Morgan fingerprint density at radius 2 is 1.88 bits per heavy atom. The van der Waals surface area contributed by atoms with Crippen LogP contribution in [0.1, 0.15) is 17.9 Å². The van der Waals surface area contributed by atoms with Crippen LogP contribution in [-0.4, -0.2) is 52.7 Å². The first-order valence-electron chi connectivity index (χ1n) is 10.7. The fourth-order valence-electron chi connectivity index (χ4n) is 3.35. The third-order valence-corrected chi connectivity index (χ3v) is 5.22. The van der Waals surface area contributed by atoms with Crippen molar-refractivity contribution in [1.29, 1.82) is 0 Å². The maximum Gasteiger partial charge on any atom is 0.306 e. The Kier molecular flexibility index (Phi) is 7.12. The number of rotatable bonds is 9. The lowest BCUT2D eigenvalue weighted by Crippen LogP contribution is -2.30. The molecule has 4 rings (SSSR count).